The monoisotopic (exact) mass is 323 g/mol. The van der Waals surface area contributed by atoms with Gasteiger partial charge >= 0.3 is 0 Å². The molecule has 0 unspecified atom stereocenters. The first-order valence-electron chi connectivity index (χ1n) is 7.92. The van der Waals surface area contributed by atoms with Crippen molar-refractivity contribution in [2.75, 3.05) is 0 Å². The first-order valence-corrected chi connectivity index (χ1v) is 7.92. The van der Waals surface area contributed by atoms with Crippen LogP contribution < -0.4 is 0 Å². The van der Waals surface area contributed by atoms with Crippen molar-refractivity contribution in [3.8, 4) is 11.5 Å². The Kier molecular flexibility index (Phi) is 4.06. The van der Waals surface area contributed by atoms with Crippen LogP contribution in [0.2, 0.25) is 0 Å². The molecule has 0 bridgehead atoms. The highest BCUT2D eigenvalue weighted by Gasteiger charge is 2.14. The molecule has 0 aliphatic heterocycles. The summed E-state index contributed by atoms with van der Waals surface area (Å²) >= 11 is 0. The number of hydrogen-bond donors (Lipinski definition) is 2. The number of phenolic OH excluding ortho intramolecular Hbond substituents is 2. The van der Waals surface area contributed by atoms with Crippen molar-refractivity contribution in [3.63, 3.8) is 0 Å². The van der Waals surface area contributed by atoms with E-state index < -0.39 is 0 Å². The second-order valence-electron chi connectivity index (χ2n) is 6.17. The first-order chi connectivity index (χ1) is 11.4. The summed E-state index contributed by atoms with van der Waals surface area (Å²) in [7, 11) is 0. The van der Waals surface area contributed by atoms with Crippen LogP contribution in [0, 0.1) is 27.7 Å². The molecule has 0 saturated heterocycles. The lowest BCUT2D eigenvalue weighted by atomic mass is 9.97. The van der Waals surface area contributed by atoms with Gasteiger partial charge in [-0.3, -0.25) is 0 Å². The smallest absolute Gasteiger partial charge is 0.199 e. The number of aryl methyl sites for hydroxylation is 1. The Balaban J connectivity index is 1.88. The highest BCUT2D eigenvalue weighted by Crippen LogP contribution is 2.36. The van der Waals surface area contributed by atoms with Crippen LogP contribution in [0.25, 0.3) is 17.2 Å². The average Bonchev–Trinajstić information content (AvgIpc) is 2.96. The minimum absolute atomic E-state index is 0.201. The fourth-order valence-electron chi connectivity index (χ4n) is 2.79. The molecule has 2 aromatic carbocycles. The lowest BCUT2D eigenvalue weighted by Gasteiger charge is -2.13. The number of fused-ring (bicyclic) bond motifs is 1. The van der Waals surface area contributed by atoms with Gasteiger partial charge in [0.25, 0.3) is 0 Å². The summed E-state index contributed by atoms with van der Waals surface area (Å²) in [6.07, 6.45) is 4.20. The van der Waals surface area contributed by atoms with Crippen molar-refractivity contribution in [1.29, 1.82) is 0 Å². The molecule has 24 heavy (non-hydrogen) atoms. The Bertz CT molecular complexity index is 922. The van der Waals surface area contributed by atoms with Crippen molar-refractivity contribution < 1.29 is 14.6 Å². The molecule has 0 amide bonds. The maximum absolute atomic E-state index is 10.3. The van der Waals surface area contributed by atoms with E-state index in [1.165, 1.54) is 0 Å². The third kappa shape index (κ3) is 2.75. The third-order valence-electron chi connectivity index (χ3n) is 4.45. The molecular formula is C20H21NO3. The molecule has 4 heteroatoms. The van der Waals surface area contributed by atoms with Crippen molar-refractivity contribution >= 4 is 17.2 Å². The minimum atomic E-state index is 0.201. The normalized spacial score (nSPS) is 11.7. The number of rotatable bonds is 3. The van der Waals surface area contributed by atoms with Crippen LogP contribution in [-0.2, 0) is 6.42 Å². The lowest BCUT2D eigenvalue weighted by molar-refractivity contribution is 0.448. The minimum Gasteiger partial charge on any atom is -0.507 e. The molecule has 0 aliphatic carbocycles. The van der Waals surface area contributed by atoms with Crippen LogP contribution in [0.3, 0.4) is 0 Å². The quantitative estimate of drug-likeness (QED) is 0.684. The maximum atomic E-state index is 10.3. The van der Waals surface area contributed by atoms with Crippen LogP contribution in [0.4, 0.5) is 0 Å². The predicted octanol–water partition coefficient (Wildman–Crippen LogP) is 4.73. The Hall–Kier alpha value is -2.75. The van der Waals surface area contributed by atoms with E-state index in [1.807, 2.05) is 31.2 Å². The van der Waals surface area contributed by atoms with Gasteiger partial charge in [-0.25, -0.2) is 4.98 Å². The van der Waals surface area contributed by atoms with Gasteiger partial charge in [0.1, 0.15) is 17.0 Å². The van der Waals surface area contributed by atoms with Crippen LogP contribution in [-0.4, -0.2) is 15.2 Å². The van der Waals surface area contributed by atoms with Gasteiger partial charge in [0.05, 0.1) is 0 Å². The van der Waals surface area contributed by atoms with E-state index in [0.717, 1.165) is 16.7 Å². The number of aromatic nitrogens is 1. The zero-order valence-electron chi connectivity index (χ0n) is 14.3. The van der Waals surface area contributed by atoms with E-state index in [-0.39, 0.29) is 11.5 Å². The van der Waals surface area contributed by atoms with Crippen LogP contribution in [0.15, 0.2) is 28.7 Å². The average molecular weight is 323 g/mol. The molecule has 0 aliphatic rings. The number of phenols is 2. The van der Waals surface area contributed by atoms with E-state index in [9.17, 15) is 10.2 Å². The molecule has 3 rings (SSSR count). The number of benzene rings is 2. The van der Waals surface area contributed by atoms with Crippen LogP contribution in [0.1, 0.15) is 33.7 Å². The molecule has 0 saturated carbocycles. The second-order valence-corrected chi connectivity index (χ2v) is 6.17. The Labute approximate surface area is 141 Å². The van der Waals surface area contributed by atoms with E-state index in [2.05, 4.69) is 4.98 Å². The van der Waals surface area contributed by atoms with Crippen molar-refractivity contribution in [1.82, 2.24) is 4.98 Å². The van der Waals surface area contributed by atoms with Crippen LogP contribution in [0.5, 0.6) is 11.5 Å². The lowest BCUT2D eigenvalue weighted by Crippen LogP contribution is -1.92. The fourth-order valence-corrected chi connectivity index (χ4v) is 2.79. The first kappa shape index (κ1) is 16.1. The van der Waals surface area contributed by atoms with Gasteiger partial charge in [0, 0.05) is 17.5 Å². The molecule has 3 aromatic rings. The van der Waals surface area contributed by atoms with Gasteiger partial charge in [-0.05, 0) is 56.5 Å². The van der Waals surface area contributed by atoms with E-state index in [4.69, 9.17) is 4.42 Å². The third-order valence-corrected chi connectivity index (χ3v) is 4.45. The summed E-state index contributed by atoms with van der Waals surface area (Å²) in [6, 6.07) is 5.91. The number of allylic oxidation sites excluding steroid dienone is 1. The fraction of sp³-hybridized carbons (Fsp3) is 0.250. The summed E-state index contributed by atoms with van der Waals surface area (Å²) < 4.78 is 5.74. The van der Waals surface area contributed by atoms with Crippen molar-refractivity contribution in [3.05, 3.63) is 58.0 Å². The molecule has 0 radical (unpaired) electrons. The van der Waals surface area contributed by atoms with Crippen LogP contribution >= 0.6 is 0 Å². The topological polar surface area (TPSA) is 66.5 Å². The zero-order valence-corrected chi connectivity index (χ0v) is 14.3. The molecule has 0 atom stereocenters. The number of nitrogens with zero attached hydrogens (tertiary/aromatic N) is 1. The van der Waals surface area contributed by atoms with Gasteiger partial charge in [0.2, 0.25) is 0 Å². The summed E-state index contributed by atoms with van der Waals surface area (Å²) in [4.78, 5) is 4.45. The van der Waals surface area contributed by atoms with E-state index >= 15 is 0 Å². The number of hydrogen-bond acceptors (Lipinski definition) is 4. The zero-order chi connectivity index (χ0) is 17.4. The summed E-state index contributed by atoms with van der Waals surface area (Å²) in [5.74, 6) is 1.05. The van der Waals surface area contributed by atoms with Crippen molar-refractivity contribution in [2.45, 2.75) is 34.1 Å². The Morgan fingerprint density at radius 3 is 2.46 bits per heavy atom. The largest absolute Gasteiger partial charge is 0.507 e. The van der Waals surface area contributed by atoms with Gasteiger partial charge in [-0.1, -0.05) is 18.2 Å². The number of aromatic hydroxyl groups is 2. The maximum Gasteiger partial charge on any atom is 0.199 e. The van der Waals surface area contributed by atoms with Crippen molar-refractivity contribution in [2.24, 2.45) is 0 Å². The highest BCUT2D eigenvalue weighted by atomic mass is 16.3. The molecule has 0 spiro atoms. The Morgan fingerprint density at radius 2 is 1.71 bits per heavy atom. The van der Waals surface area contributed by atoms with Gasteiger partial charge in [-0.15, -0.1) is 0 Å². The summed E-state index contributed by atoms with van der Waals surface area (Å²) in [5, 5.41) is 20.5. The van der Waals surface area contributed by atoms with Gasteiger partial charge in [-0.2, -0.15) is 0 Å². The summed E-state index contributed by atoms with van der Waals surface area (Å²) in [5.41, 5.74) is 5.44. The Morgan fingerprint density at radius 1 is 1.00 bits per heavy atom. The van der Waals surface area contributed by atoms with Gasteiger partial charge < -0.3 is 14.6 Å². The molecule has 124 valence electrons. The SMILES string of the molecule is Cc1ccc2nc(C/C=C/c3c(C)c(O)c(C)c(C)c3O)oc2c1. The molecule has 0 fully saturated rings. The number of oxazole rings is 1. The molecule has 2 N–H and O–H groups in total. The summed E-state index contributed by atoms with van der Waals surface area (Å²) in [6.45, 7) is 7.40. The standard InChI is InChI=1S/C20H21NO3/c1-11-8-9-16-17(10-11)24-18(21-16)7-5-6-15-14(4)19(22)12(2)13(3)20(15)23/h5-6,8-10,22-23H,7H2,1-4H3/b6-5+. The second kappa shape index (κ2) is 6.04. The molecule has 1 heterocycles. The molecule has 4 nitrogen and oxygen atoms in total. The predicted molar refractivity (Wildman–Crippen MR) is 95.5 cm³/mol. The molecular weight excluding hydrogens is 302 g/mol. The van der Waals surface area contributed by atoms with E-state index in [0.29, 0.717) is 34.6 Å². The van der Waals surface area contributed by atoms with E-state index in [1.54, 1.807) is 26.8 Å². The highest BCUT2D eigenvalue weighted by molar-refractivity contribution is 5.73. The van der Waals surface area contributed by atoms with Gasteiger partial charge in [0.15, 0.2) is 11.5 Å². The molecule has 1 aromatic heterocycles.